The SMILES string of the molecule is CCCNC(Cn1ccn2nccc2c1=O)C1CCCC1. The Morgan fingerprint density at radius 2 is 2.19 bits per heavy atom. The minimum atomic E-state index is 0.0521. The van der Waals surface area contributed by atoms with Gasteiger partial charge in [-0.25, -0.2) is 4.52 Å². The van der Waals surface area contributed by atoms with E-state index in [1.54, 1.807) is 16.8 Å². The summed E-state index contributed by atoms with van der Waals surface area (Å²) >= 11 is 0. The van der Waals surface area contributed by atoms with Crippen molar-refractivity contribution in [1.82, 2.24) is 19.5 Å². The molecule has 1 aliphatic rings. The second kappa shape index (κ2) is 6.43. The number of hydrogen-bond acceptors (Lipinski definition) is 3. The summed E-state index contributed by atoms with van der Waals surface area (Å²) < 4.78 is 3.48. The molecule has 114 valence electrons. The summed E-state index contributed by atoms with van der Waals surface area (Å²) in [6, 6.07) is 2.18. The standard InChI is InChI=1S/C16H24N4O/c1-2-8-17-14(13-5-3-4-6-13)12-19-10-11-20-15(16(19)21)7-9-18-20/h7,9-11,13-14,17H,2-6,8,12H2,1H3. The maximum atomic E-state index is 12.5. The number of nitrogens with zero attached hydrogens (tertiary/aromatic N) is 3. The second-order valence-corrected chi connectivity index (χ2v) is 6.02. The molecule has 0 aliphatic heterocycles. The van der Waals surface area contributed by atoms with Gasteiger partial charge in [0.2, 0.25) is 0 Å². The van der Waals surface area contributed by atoms with Crippen LogP contribution in [0.15, 0.2) is 29.5 Å². The Morgan fingerprint density at radius 1 is 1.38 bits per heavy atom. The van der Waals surface area contributed by atoms with Crippen LogP contribution in [-0.2, 0) is 6.54 Å². The van der Waals surface area contributed by atoms with Crippen molar-refractivity contribution in [3.05, 3.63) is 35.0 Å². The molecule has 3 rings (SSSR count). The van der Waals surface area contributed by atoms with E-state index in [2.05, 4.69) is 17.3 Å². The summed E-state index contributed by atoms with van der Waals surface area (Å²) in [5.41, 5.74) is 0.703. The predicted molar refractivity (Wildman–Crippen MR) is 83.5 cm³/mol. The Hall–Kier alpha value is -1.62. The zero-order chi connectivity index (χ0) is 14.7. The Labute approximate surface area is 125 Å². The lowest BCUT2D eigenvalue weighted by molar-refractivity contribution is 0.319. The quantitative estimate of drug-likeness (QED) is 0.885. The van der Waals surface area contributed by atoms with Gasteiger partial charge in [0.25, 0.3) is 5.56 Å². The molecule has 2 aromatic rings. The molecule has 0 saturated heterocycles. The number of fused-ring (bicyclic) bond motifs is 1. The predicted octanol–water partition coefficient (Wildman–Crippen LogP) is 2.05. The highest BCUT2D eigenvalue weighted by atomic mass is 16.1. The fourth-order valence-corrected chi connectivity index (χ4v) is 3.39. The summed E-state index contributed by atoms with van der Waals surface area (Å²) in [5, 5.41) is 7.76. The first-order valence-electron chi connectivity index (χ1n) is 8.05. The first-order valence-corrected chi connectivity index (χ1v) is 8.05. The average Bonchev–Trinajstić information content (AvgIpc) is 3.17. The smallest absolute Gasteiger partial charge is 0.276 e. The van der Waals surface area contributed by atoms with Crippen LogP contribution in [0.2, 0.25) is 0 Å². The second-order valence-electron chi connectivity index (χ2n) is 6.02. The van der Waals surface area contributed by atoms with Crippen molar-refractivity contribution in [3.63, 3.8) is 0 Å². The van der Waals surface area contributed by atoms with Gasteiger partial charge in [0, 0.05) is 25.0 Å². The van der Waals surface area contributed by atoms with E-state index in [-0.39, 0.29) is 5.56 Å². The molecular weight excluding hydrogens is 264 g/mol. The van der Waals surface area contributed by atoms with E-state index in [4.69, 9.17) is 0 Å². The fraction of sp³-hybridized carbons (Fsp3) is 0.625. The van der Waals surface area contributed by atoms with Crippen molar-refractivity contribution in [2.24, 2.45) is 5.92 Å². The van der Waals surface area contributed by atoms with Gasteiger partial charge in [-0.1, -0.05) is 19.8 Å². The Balaban J connectivity index is 1.82. The third kappa shape index (κ3) is 3.02. The van der Waals surface area contributed by atoms with Gasteiger partial charge in [0.15, 0.2) is 0 Å². The molecule has 1 saturated carbocycles. The van der Waals surface area contributed by atoms with Crippen molar-refractivity contribution in [2.75, 3.05) is 6.54 Å². The number of aromatic nitrogens is 3. The fourth-order valence-electron chi connectivity index (χ4n) is 3.39. The van der Waals surface area contributed by atoms with Crippen LogP contribution in [0.4, 0.5) is 0 Å². The van der Waals surface area contributed by atoms with Gasteiger partial charge in [0.05, 0.1) is 6.20 Å². The monoisotopic (exact) mass is 288 g/mol. The van der Waals surface area contributed by atoms with E-state index in [1.807, 2.05) is 17.0 Å². The normalized spacial score (nSPS) is 17.6. The molecule has 1 fully saturated rings. The van der Waals surface area contributed by atoms with Crippen LogP contribution in [0.3, 0.4) is 0 Å². The van der Waals surface area contributed by atoms with Crippen molar-refractivity contribution >= 4 is 5.52 Å². The first kappa shape index (κ1) is 14.3. The van der Waals surface area contributed by atoms with Gasteiger partial charge in [0.1, 0.15) is 5.52 Å². The van der Waals surface area contributed by atoms with Crippen molar-refractivity contribution < 1.29 is 0 Å². The molecule has 2 heterocycles. The average molecular weight is 288 g/mol. The maximum absolute atomic E-state index is 12.5. The van der Waals surface area contributed by atoms with Gasteiger partial charge >= 0.3 is 0 Å². The number of nitrogens with one attached hydrogen (secondary N) is 1. The largest absolute Gasteiger partial charge is 0.312 e. The van der Waals surface area contributed by atoms with E-state index in [0.717, 1.165) is 19.5 Å². The highest BCUT2D eigenvalue weighted by Crippen LogP contribution is 2.28. The Kier molecular flexibility index (Phi) is 4.39. The lowest BCUT2D eigenvalue weighted by Gasteiger charge is -2.25. The molecule has 5 nitrogen and oxygen atoms in total. The number of hydrogen-bond donors (Lipinski definition) is 1. The van der Waals surface area contributed by atoms with Crippen molar-refractivity contribution in [1.29, 1.82) is 0 Å². The Bertz CT molecular complexity index is 639. The molecule has 1 unspecified atom stereocenters. The zero-order valence-corrected chi connectivity index (χ0v) is 12.7. The molecule has 0 amide bonds. The van der Waals surface area contributed by atoms with Crippen LogP contribution in [0.1, 0.15) is 39.0 Å². The third-order valence-electron chi connectivity index (χ3n) is 4.56. The molecular formula is C16H24N4O. The van der Waals surface area contributed by atoms with Crippen molar-refractivity contribution in [2.45, 2.75) is 51.6 Å². The van der Waals surface area contributed by atoms with Crippen LogP contribution in [0.5, 0.6) is 0 Å². The van der Waals surface area contributed by atoms with Gasteiger partial charge in [-0.15, -0.1) is 0 Å². The van der Waals surface area contributed by atoms with Crippen LogP contribution < -0.4 is 10.9 Å². The molecule has 0 radical (unpaired) electrons. The van der Waals surface area contributed by atoms with Gasteiger partial charge in [-0.05, 0) is 37.8 Å². The molecule has 0 bridgehead atoms. The van der Waals surface area contributed by atoms with Crippen molar-refractivity contribution in [3.8, 4) is 0 Å². The summed E-state index contributed by atoms with van der Waals surface area (Å²) in [5.74, 6) is 0.699. The molecule has 1 N–H and O–H groups in total. The molecule has 1 atom stereocenters. The van der Waals surface area contributed by atoms with E-state index < -0.39 is 0 Å². The number of rotatable bonds is 6. The third-order valence-corrected chi connectivity index (χ3v) is 4.56. The first-order chi connectivity index (χ1) is 10.3. The van der Waals surface area contributed by atoms with E-state index in [0.29, 0.717) is 17.5 Å². The van der Waals surface area contributed by atoms with Crippen LogP contribution in [-0.4, -0.2) is 26.8 Å². The molecule has 0 spiro atoms. The van der Waals surface area contributed by atoms with Crippen LogP contribution >= 0.6 is 0 Å². The molecule has 2 aromatic heterocycles. The molecule has 1 aliphatic carbocycles. The summed E-state index contributed by atoms with van der Waals surface area (Å²) in [6.45, 7) is 3.96. The van der Waals surface area contributed by atoms with E-state index >= 15 is 0 Å². The summed E-state index contributed by atoms with van der Waals surface area (Å²) in [4.78, 5) is 12.5. The van der Waals surface area contributed by atoms with Crippen LogP contribution in [0, 0.1) is 5.92 Å². The minimum absolute atomic E-state index is 0.0521. The van der Waals surface area contributed by atoms with Crippen LogP contribution in [0.25, 0.3) is 5.52 Å². The van der Waals surface area contributed by atoms with Gasteiger partial charge in [-0.3, -0.25) is 4.79 Å². The van der Waals surface area contributed by atoms with E-state index in [9.17, 15) is 4.79 Å². The summed E-state index contributed by atoms with van der Waals surface area (Å²) in [7, 11) is 0. The zero-order valence-electron chi connectivity index (χ0n) is 12.7. The lowest BCUT2D eigenvalue weighted by atomic mass is 9.97. The molecule has 0 aromatic carbocycles. The lowest BCUT2D eigenvalue weighted by Crippen LogP contribution is -2.41. The van der Waals surface area contributed by atoms with Gasteiger partial charge < -0.3 is 9.88 Å². The highest BCUT2D eigenvalue weighted by molar-refractivity contribution is 5.42. The topological polar surface area (TPSA) is 51.3 Å². The van der Waals surface area contributed by atoms with Gasteiger partial charge in [-0.2, -0.15) is 5.10 Å². The maximum Gasteiger partial charge on any atom is 0.276 e. The Morgan fingerprint density at radius 3 is 2.95 bits per heavy atom. The van der Waals surface area contributed by atoms with E-state index in [1.165, 1.54) is 25.7 Å². The summed E-state index contributed by atoms with van der Waals surface area (Å²) in [6.07, 6.45) is 11.7. The molecule has 5 heteroatoms. The minimum Gasteiger partial charge on any atom is -0.312 e. The molecule has 21 heavy (non-hydrogen) atoms. The highest BCUT2D eigenvalue weighted by Gasteiger charge is 2.25.